The zero-order valence-electron chi connectivity index (χ0n) is 13.8. The lowest BCUT2D eigenvalue weighted by Crippen LogP contribution is -2.13. The molecule has 2 aromatic rings. The molecule has 0 spiro atoms. The molecular weight excluding hydrogens is 360 g/mol. The highest BCUT2D eigenvalue weighted by molar-refractivity contribution is 5.76. The molecule has 0 atom stereocenters. The van der Waals surface area contributed by atoms with E-state index in [1.807, 2.05) is 0 Å². The van der Waals surface area contributed by atoms with Gasteiger partial charge in [0.1, 0.15) is 5.75 Å². The van der Waals surface area contributed by atoms with Crippen LogP contribution in [-0.4, -0.2) is 13.7 Å². The molecule has 1 aliphatic heterocycles. The van der Waals surface area contributed by atoms with Gasteiger partial charge in [0.15, 0.2) is 0 Å². The molecule has 3 rings (SSSR count). The number of hydrogen-bond acceptors (Lipinski definition) is 2. The molecule has 0 aliphatic carbocycles. The second-order valence-electron chi connectivity index (χ2n) is 5.50. The van der Waals surface area contributed by atoms with Gasteiger partial charge in [-0.2, -0.15) is 26.3 Å². The topological polar surface area (TPSA) is 35.2 Å². The van der Waals surface area contributed by atoms with E-state index in [0.29, 0.717) is 43.2 Å². The van der Waals surface area contributed by atoms with Crippen molar-refractivity contribution < 1.29 is 31.1 Å². The smallest absolute Gasteiger partial charge is 0.417 e. The minimum absolute atomic E-state index is 0.0330. The number of nitrogens with two attached hydrogens (primary N) is 1. The molecule has 2 N–H and O–H groups in total. The molecule has 8 heteroatoms. The van der Waals surface area contributed by atoms with E-state index in [1.165, 1.54) is 19.2 Å². The Morgan fingerprint density at radius 2 is 1.58 bits per heavy atom. The Morgan fingerprint density at radius 1 is 0.885 bits per heavy atom. The van der Waals surface area contributed by atoms with Gasteiger partial charge in [0.05, 0.1) is 17.7 Å². The number of alkyl halides is 6. The Morgan fingerprint density at radius 3 is 2.19 bits per heavy atom. The van der Waals surface area contributed by atoms with E-state index in [-0.39, 0.29) is 11.3 Å². The lowest BCUT2D eigenvalue weighted by molar-refractivity contribution is -0.141. The van der Waals surface area contributed by atoms with Gasteiger partial charge in [0, 0.05) is 5.56 Å². The monoisotopic (exact) mass is 377 g/mol. The van der Waals surface area contributed by atoms with Crippen molar-refractivity contribution in [3.63, 3.8) is 0 Å². The summed E-state index contributed by atoms with van der Waals surface area (Å²) in [4.78, 5) is 0. The van der Waals surface area contributed by atoms with Crippen molar-refractivity contribution in [3.05, 3.63) is 53.1 Å². The lowest BCUT2D eigenvalue weighted by Gasteiger charge is -2.23. The number of rotatable bonds is 1. The van der Waals surface area contributed by atoms with Crippen LogP contribution in [0.1, 0.15) is 23.1 Å². The summed E-state index contributed by atoms with van der Waals surface area (Å²) >= 11 is 0. The fourth-order valence-electron chi connectivity index (χ4n) is 2.79. The number of para-hydroxylation sites is 1. The number of halogens is 6. The summed E-state index contributed by atoms with van der Waals surface area (Å²) in [5.74, 6) is 0.230. The summed E-state index contributed by atoms with van der Waals surface area (Å²) in [5.41, 5.74) is 2.47. The van der Waals surface area contributed by atoms with Crippen LogP contribution in [0, 0.1) is 0 Å². The van der Waals surface area contributed by atoms with Gasteiger partial charge >= 0.3 is 12.4 Å². The SMILES string of the molecule is CN.FC(F)(F)c1ccc(C(F)(F)F)c(-c2cccc3c2OCCC3)c1. The number of benzene rings is 2. The van der Waals surface area contributed by atoms with E-state index >= 15 is 0 Å². The molecule has 1 heterocycles. The predicted octanol–water partition coefficient (Wildman–Crippen LogP) is 5.29. The maximum atomic E-state index is 13.3. The molecule has 0 aromatic heterocycles. The van der Waals surface area contributed by atoms with Crippen molar-refractivity contribution in [1.29, 1.82) is 0 Å². The van der Waals surface area contributed by atoms with Gasteiger partial charge in [0.25, 0.3) is 0 Å². The molecule has 0 radical (unpaired) electrons. The molecular formula is C18H17F6NO. The van der Waals surface area contributed by atoms with Gasteiger partial charge in [-0.1, -0.05) is 18.2 Å². The molecule has 26 heavy (non-hydrogen) atoms. The highest BCUT2D eigenvalue weighted by atomic mass is 19.4. The third kappa shape index (κ3) is 4.12. The van der Waals surface area contributed by atoms with Crippen LogP contribution in [0.15, 0.2) is 36.4 Å². The van der Waals surface area contributed by atoms with E-state index in [9.17, 15) is 26.3 Å². The summed E-state index contributed by atoms with van der Waals surface area (Å²) < 4.78 is 84.1. The summed E-state index contributed by atoms with van der Waals surface area (Å²) in [7, 11) is 1.50. The van der Waals surface area contributed by atoms with Crippen LogP contribution in [0.5, 0.6) is 5.75 Å². The fraction of sp³-hybridized carbons (Fsp3) is 0.333. The van der Waals surface area contributed by atoms with Crippen molar-refractivity contribution in [2.45, 2.75) is 25.2 Å². The van der Waals surface area contributed by atoms with E-state index in [0.717, 1.165) is 0 Å². The second kappa shape index (κ2) is 7.57. The van der Waals surface area contributed by atoms with E-state index < -0.39 is 29.0 Å². The van der Waals surface area contributed by atoms with Crippen LogP contribution in [-0.2, 0) is 18.8 Å². The third-order valence-electron chi connectivity index (χ3n) is 3.88. The van der Waals surface area contributed by atoms with E-state index in [2.05, 4.69) is 5.73 Å². The van der Waals surface area contributed by atoms with Crippen LogP contribution < -0.4 is 10.5 Å². The Labute approximate surface area is 146 Å². The first-order valence-corrected chi connectivity index (χ1v) is 7.79. The minimum Gasteiger partial charge on any atom is -0.493 e. The molecule has 1 aliphatic rings. The Bertz CT molecular complexity index is 767. The van der Waals surface area contributed by atoms with Gasteiger partial charge in [-0.05, 0) is 49.2 Å². The molecule has 0 unspecified atom stereocenters. The van der Waals surface area contributed by atoms with Gasteiger partial charge in [-0.15, -0.1) is 0 Å². The maximum Gasteiger partial charge on any atom is 0.417 e. The Hall–Kier alpha value is -2.22. The third-order valence-corrected chi connectivity index (χ3v) is 3.88. The molecule has 2 nitrogen and oxygen atoms in total. The standard InChI is InChI=1S/C17H12F6O.CH5N/c18-16(19,20)11-6-7-14(17(21,22)23)13(9-11)12-5-1-3-10-4-2-8-24-15(10)12;1-2/h1,3,5-7,9H,2,4,8H2;2H2,1H3. The minimum atomic E-state index is -4.77. The zero-order valence-corrected chi connectivity index (χ0v) is 13.8. The molecule has 0 amide bonds. The van der Waals surface area contributed by atoms with Crippen LogP contribution >= 0.6 is 0 Å². The summed E-state index contributed by atoms with van der Waals surface area (Å²) in [6.45, 7) is 0.324. The Kier molecular flexibility index (Phi) is 5.85. The normalized spacial score (nSPS) is 14.0. The van der Waals surface area contributed by atoms with Gasteiger partial charge < -0.3 is 10.5 Å². The van der Waals surface area contributed by atoms with E-state index in [4.69, 9.17) is 4.74 Å². The molecule has 0 saturated carbocycles. The van der Waals surface area contributed by atoms with Crippen molar-refractivity contribution in [2.24, 2.45) is 5.73 Å². The summed E-state index contributed by atoms with van der Waals surface area (Å²) in [5, 5.41) is 0. The summed E-state index contributed by atoms with van der Waals surface area (Å²) in [6, 6.07) is 6.05. The summed E-state index contributed by atoms with van der Waals surface area (Å²) in [6.07, 6.45) is -8.17. The first kappa shape index (κ1) is 20.1. The zero-order chi connectivity index (χ0) is 19.5. The highest BCUT2D eigenvalue weighted by Crippen LogP contribution is 2.44. The number of ether oxygens (including phenoxy) is 1. The van der Waals surface area contributed by atoms with Crippen molar-refractivity contribution in [3.8, 4) is 16.9 Å². The van der Waals surface area contributed by atoms with Gasteiger partial charge in [-0.25, -0.2) is 0 Å². The van der Waals surface area contributed by atoms with Crippen LogP contribution in [0.25, 0.3) is 11.1 Å². The highest BCUT2D eigenvalue weighted by Gasteiger charge is 2.38. The fourth-order valence-corrected chi connectivity index (χ4v) is 2.79. The van der Waals surface area contributed by atoms with Crippen LogP contribution in [0.2, 0.25) is 0 Å². The second-order valence-corrected chi connectivity index (χ2v) is 5.50. The number of aryl methyl sites for hydroxylation is 1. The molecule has 0 fully saturated rings. The lowest BCUT2D eigenvalue weighted by atomic mass is 9.92. The van der Waals surface area contributed by atoms with E-state index in [1.54, 1.807) is 6.07 Å². The molecule has 0 saturated heterocycles. The average molecular weight is 377 g/mol. The first-order valence-electron chi connectivity index (χ1n) is 7.79. The Balaban J connectivity index is 0.00000117. The maximum absolute atomic E-state index is 13.3. The van der Waals surface area contributed by atoms with Gasteiger partial charge in [-0.3, -0.25) is 0 Å². The van der Waals surface area contributed by atoms with Gasteiger partial charge in [0.2, 0.25) is 0 Å². The number of hydrogen-bond donors (Lipinski definition) is 1. The quantitative estimate of drug-likeness (QED) is 0.686. The van der Waals surface area contributed by atoms with Crippen LogP contribution in [0.4, 0.5) is 26.3 Å². The van der Waals surface area contributed by atoms with Crippen molar-refractivity contribution >= 4 is 0 Å². The van der Waals surface area contributed by atoms with Crippen LogP contribution in [0.3, 0.4) is 0 Å². The molecule has 142 valence electrons. The largest absolute Gasteiger partial charge is 0.493 e. The van der Waals surface area contributed by atoms with Crippen molar-refractivity contribution in [1.82, 2.24) is 0 Å². The van der Waals surface area contributed by atoms with Crippen molar-refractivity contribution in [2.75, 3.05) is 13.7 Å². The molecule has 2 aromatic carbocycles. The average Bonchev–Trinajstić information content (AvgIpc) is 2.61. The molecule has 0 bridgehead atoms. The predicted molar refractivity (Wildman–Crippen MR) is 85.8 cm³/mol. The first-order chi connectivity index (χ1) is 12.2. The number of fused-ring (bicyclic) bond motifs is 1.